The number of oxazole rings is 1. The highest BCUT2D eigenvalue weighted by atomic mass is 19.1. The van der Waals surface area contributed by atoms with E-state index in [0.717, 1.165) is 6.39 Å². The van der Waals surface area contributed by atoms with Crippen LogP contribution >= 0.6 is 0 Å². The van der Waals surface area contributed by atoms with E-state index in [-0.39, 0.29) is 17.3 Å². The zero-order valence-corrected chi connectivity index (χ0v) is 7.48. The number of hydrogen-bond donors (Lipinski definition) is 1. The Morgan fingerprint density at radius 2 is 2.00 bits per heavy atom. The molecule has 0 amide bonds. The van der Waals surface area contributed by atoms with Crippen molar-refractivity contribution in [3.05, 3.63) is 42.2 Å². The van der Waals surface area contributed by atoms with Gasteiger partial charge in [0.25, 0.3) is 0 Å². The van der Waals surface area contributed by atoms with Crippen LogP contribution in [0.3, 0.4) is 0 Å². The highest BCUT2D eigenvalue weighted by Gasteiger charge is 2.16. The molecule has 0 saturated carbocycles. The number of halogens is 1. The Balaban J connectivity index is 2.49. The first-order valence-corrected chi connectivity index (χ1v) is 4.11. The molecule has 76 valence electrons. The smallest absolute Gasteiger partial charge is 0.374 e. The second-order valence-corrected chi connectivity index (χ2v) is 2.84. The van der Waals surface area contributed by atoms with Gasteiger partial charge in [0.15, 0.2) is 6.39 Å². The van der Waals surface area contributed by atoms with Crippen molar-refractivity contribution in [2.75, 3.05) is 0 Å². The van der Waals surface area contributed by atoms with E-state index >= 15 is 0 Å². The van der Waals surface area contributed by atoms with Crippen LogP contribution in [0.15, 0.2) is 35.1 Å². The Hall–Kier alpha value is -2.17. The first-order valence-electron chi connectivity index (χ1n) is 4.11. The Morgan fingerprint density at radius 1 is 1.33 bits per heavy atom. The summed E-state index contributed by atoms with van der Waals surface area (Å²) in [5, 5.41) is 8.76. The number of rotatable bonds is 2. The van der Waals surface area contributed by atoms with E-state index in [2.05, 4.69) is 4.98 Å². The topological polar surface area (TPSA) is 63.3 Å². The van der Waals surface area contributed by atoms with E-state index in [9.17, 15) is 9.18 Å². The zero-order valence-electron chi connectivity index (χ0n) is 7.48. The van der Waals surface area contributed by atoms with Crippen LogP contribution in [0, 0.1) is 5.82 Å². The van der Waals surface area contributed by atoms with Crippen molar-refractivity contribution in [2.24, 2.45) is 0 Å². The van der Waals surface area contributed by atoms with Gasteiger partial charge >= 0.3 is 5.97 Å². The van der Waals surface area contributed by atoms with E-state index < -0.39 is 5.97 Å². The molecule has 0 radical (unpaired) electrons. The lowest BCUT2D eigenvalue weighted by Crippen LogP contribution is -1.96. The largest absolute Gasteiger partial charge is 0.475 e. The van der Waals surface area contributed by atoms with Crippen LogP contribution in [0.4, 0.5) is 4.39 Å². The summed E-state index contributed by atoms with van der Waals surface area (Å²) in [5.74, 6) is -1.84. The molecule has 1 N–H and O–H groups in total. The summed E-state index contributed by atoms with van der Waals surface area (Å²) in [5.41, 5.74) is 0.699. The normalized spacial score (nSPS) is 10.2. The molecule has 0 aliphatic rings. The number of aromatic nitrogens is 1. The number of carbonyl (C=O) groups is 1. The molecule has 0 aliphatic heterocycles. The van der Waals surface area contributed by atoms with Crippen molar-refractivity contribution in [1.29, 1.82) is 0 Å². The van der Waals surface area contributed by atoms with Gasteiger partial charge in [-0.05, 0) is 24.3 Å². The monoisotopic (exact) mass is 207 g/mol. The third-order valence-corrected chi connectivity index (χ3v) is 1.88. The number of hydrogen-bond acceptors (Lipinski definition) is 3. The van der Waals surface area contributed by atoms with Gasteiger partial charge in [-0.2, -0.15) is 0 Å². The molecule has 0 bridgehead atoms. The highest BCUT2D eigenvalue weighted by Crippen LogP contribution is 2.22. The second kappa shape index (κ2) is 3.53. The average molecular weight is 207 g/mol. The first kappa shape index (κ1) is 9.39. The third-order valence-electron chi connectivity index (χ3n) is 1.88. The van der Waals surface area contributed by atoms with Gasteiger partial charge in [0, 0.05) is 5.56 Å². The number of aromatic carboxylic acids is 1. The standard InChI is InChI=1S/C10H6FNO3/c11-7-3-1-6(2-4-7)8-9(10(13)14)15-5-12-8/h1-5H,(H,13,14). The third kappa shape index (κ3) is 1.71. The molecular weight excluding hydrogens is 201 g/mol. The van der Waals surface area contributed by atoms with Gasteiger partial charge in [0.1, 0.15) is 11.5 Å². The van der Waals surface area contributed by atoms with Gasteiger partial charge < -0.3 is 9.52 Å². The molecule has 1 heterocycles. The van der Waals surface area contributed by atoms with E-state index in [1.807, 2.05) is 0 Å². The molecule has 0 spiro atoms. The molecule has 4 nitrogen and oxygen atoms in total. The molecule has 0 unspecified atom stereocenters. The van der Waals surface area contributed by atoms with Gasteiger partial charge in [-0.15, -0.1) is 0 Å². The van der Waals surface area contributed by atoms with Crippen LogP contribution in [0.25, 0.3) is 11.3 Å². The lowest BCUT2D eigenvalue weighted by atomic mass is 10.1. The average Bonchev–Trinajstić information content (AvgIpc) is 2.67. The van der Waals surface area contributed by atoms with Gasteiger partial charge in [-0.25, -0.2) is 14.2 Å². The van der Waals surface area contributed by atoms with Crippen LogP contribution in [0.2, 0.25) is 0 Å². The quantitative estimate of drug-likeness (QED) is 0.819. The van der Waals surface area contributed by atoms with Crippen molar-refractivity contribution in [1.82, 2.24) is 4.98 Å². The number of carboxylic acids is 1. The maximum atomic E-state index is 12.6. The molecule has 0 aliphatic carbocycles. The molecule has 15 heavy (non-hydrogen) atoms. The first-order chi connectivity index (χ1) is 7.18. The van der Waals surface area contributed by atoms with Gasteiger partial charge in [-0.3, -0.25) is 0 Å². The molecule has 0 saturated heterocycles. The van der Waals surface area contributed by atoms with Crippen molar-refractivity contribution in [3.63, 3.8) is 0 Å². The van der Waals surface area contributed by atoms with Crippen LogP contribution in [0.1, 0.15) is 10.6 Å². The van der Waals surface area contributed by atoms with Crippen LogP contribution in [-0.4, -0.2) is 16.1 Å². The molecular formula is C10H6FNO3. The molecule has 1 aromatic heterocycles. The molecule has 5 heteroatoms. The van der Waals surface area contributed by atoms with Crippen molar-refractivity contribution >= 4 is 5.97 Å². The Morgan fingerprint density at radius 3 is 2.60 bits per heavy atom. The minimum Gasteiger partial charge on any atom is -0.475 e. The van der Waals surface area contributed by atoms with Crippen molar-refractivity contribution in [2.45, 2.75) is 0 Å². The molecule has 2 rings (SSSR count). The van der Waals surface area contributed by atoms with Gasteiger partial charge in [0.2, 0.25) is 5.76 Å². The summed E-state index contributed by atoms with van der Waals surface area (Å²) >= 11 is 0. The molecule has 2 aromatic rings. The second-order valence-electron chi connectivity index (χ2n) is 2.84. The van der Waals surface area contributed by atoms with E-state index in [1.54, 1.807) is 0 Å². The van der Waals surface area contributed by atoms with E-state index in [4.69, 9.17) is 9.52 Å². The fourth-order valence-corrected chi connectivity index (χ4v) is 1.21. The van der Waals surface area contributed by atoms with Crippen molar-refractivity contribution in [3.8, 4) is 11.3 Å². The lowest BCUT2D eigenvalue weighted by Gasteiger charge is -1.96. The number of benzene rings is 1. The predicted molar refractivity (Wildman–Crippen MR) is 48.9 cm³/mol. The van der Waals surface area contributed by atoms with E-state index in [1.165, 1.54) is 24.3 Å². The summed E-state index contributed by atoms with van der Waals surface area (Å²) in [6.07, 6.45) is 1.04. The van der Waals surface area contributed by atoms with Crippen molar-refractivity contribution < 1.29 is 18.7 Å². The highest BCUT2D eigenvalue weighted by molar-refractivity contribution is 5.91. The lowest BCUT2D eigenvalue weighted by molar-refractivity contribution is 0.0663. The summed E-state index contributed by atoms with van der Waals surface area (Å²) < 4.78 is 17.3. The van der Waals surface area contributed by atoms with Crippen LogP contribution in [-0.2, 0) is 0 Å². The number of carboxylic acid groups (broad SMARTS) is 1. The fourth-order valence-electron chi connectivity index (χ4n) is 1.21. The predicted octanol–water partition coefficient (Wildman–Crippen LogP) is 2.18. The maximum absolute atomic E-state index is 12.6. The minimum atomic E-state index is -1.20. The van der Waals surface area contributed by atoms with Crippen LogP contribution < -0.4 is 0 Å². The van der Waals surface area contributed by atoms with E-state index in [0.29, 0.717) is 5.56 Å². The SMILES string of the molecule is O=C(O)c1ocnc1-c1ccc(F)cc1. The van der Waals surface area contributed by atoms with Crippen LogP contribution in [0.5, 0.6) is 0 Å². The summed E-state index contributed by atoms with van der Waals surface area (Å²) in [6.45, 7) is 0. The van der Waals surface area contributed by atoms with Gasteiger partial charge in [-0.1, -0.05) is 0 Å². The Kier molecular flexibility index (Phi) is 2.21. The summed E-state index contributed by atoms with van der Waals surface area (Å²) in [6, 6.07) is 5.35. The Labute approximate surface area is 84.0 Å². The van der Waals surface area contributed by atoms with Gasteiger partial charge in [0.05, 0.1) is 0 Å². The summed E-state index contributed by atoms with van der Waals surface area (Å²) in [4.78, 5) is 14.5. The summed E-state index contributed by atoms with van der Waals surface area (Å²) in [7, 11) is 0. The molecule has 0 fully saturated rings. The number of nitrogens with zero attached hydrogens (tertiary/aromatic N) is 1. The maximum Gasteiger partial charge on any atom is 0.374 e. The fraction of sp³-hybridized carbons (Fsp3) is 0. The minimum absolute atomic E-state index is 0.197. The Bertz CT molecular complexity index is 490. The molecule has 0 atom stereocenters. The molecule has 1 aromatic carbocycles. The zero-order chi connectivity index (χ0) is 10.8.